The van der Waals surface area contributed by atoms with E-state index in [2.05, 4.69) is 20.7 Å². The van der Waals surface area contributed by atoms with Gasteiger partial charge in [0.15, 0.2) is 0 Å². The molecule has 108 valence electrons. The molecule has 2 amide bonds. The molecule has 0 bridgehead atoms. The largest absolute Gasteiger partial charge is 0.324 e. The molecule has 21 heavy (non-hydrogen) atoms. The minimum atomic E-state index is -0.685. The summed E-state index contributed by atoms with van der Waals surface area (Å²) in [5.74, 6) is 0.314. The SMILES string of the molecule is Cc1cccc(NC(=O)[C@H]2CC(=O)Nc3nc(C)nn32)c1. The van der Waals surface area contributed by atoms with Gasteiger partial charge < -0.3 is 5.32 Å². The lowest BCUT2D eigenvalue weighted by Crippen LogP contribution is -2.36. The summed E-state index contributed by atoms with van der Waals surface area (Å²) in [5, 5.41) is 9.60. The Morgan fingerprint density at radius 2 is 2.24 bits per heavy atom. The third kappa shape index (κ3) is 2.62. The Morgan fingerprint density at radius 1 is 1.43 bits per heavy atom. The number of benzene rings is 1. The van der Waals surface area contributed by atoms with Gasteiger partial charge in [-0.1, -0.05) is 12.1 Å². The van der Waals surface area contributed by atoms with Gasteiger partial charge in [0.05, 0.1) is 6.42 Å². The number of hydrogen-bond donors (Lipinski definition) is 2. The molecule has 3 rings (SSSR count). The van der Waals surface area contributed by atoms with Crippen LogP contribution in [0.3, 0.4) is 0 Å². The Morgan fingerprint density at radius 3 is 3.00 bits per heavy atom. The number of nitrogens with one attached hydrogen (secondary N) is 2. The molecule has 1 aromatic carbocycles. The van der Waals surface area contributed by atoms with Crippen LogP contribution in [-0.4, -0.2) is 26.6 Å². The Hall–Kier alpha value is -2.70. The number of amides is 2. The van der Waals surface area contributed by atoms with E-state index in [0.717, 1.165) is 5.56 Å². The van der Waals surface area contributed by atoms with Crippen molar-refractivity contribution in [3.05, 3.63) is 35.7 Å². The van der Waals surface area contributed by atoms with E-state index in [9.17, 15) is 9.59 Å². The standard InChI is InChI=1S/C14H15N5O2/c1-8-4-3-5-10(6-8)16-13(21)11-7-12(20)17-14-15-9(2)18-19(11)14/h3-6,11H,7H2,1-2H3,(H,16,21)(H,15,17,18,20)/t11-/m1/s1. The van der Waals surface area contributed by atoms with Crippen molar-refractivity contribution in [2.24, 2.45) is 0 Å². The van der Waals surface area contributed by atoms with Gasteiger partial charge in [-0.2, -0.15) is 10.1 Å². The summed E-state index contributed by atoms with van der Waals surface area (Å²) in [6.07, 6.45) is 0.0491. The third-order valence-corrected chi connectivity index (χ3v) is 3.25. The van der Waals surface area contributed by atoms with E-state index in [1.54, 1.807) is 13.0 Å². The molecule has 0 spiro atoms. The van der Waals surface area contributed by atoms with E-state index < -0.39 is 6.04 Å². The molecule has 1 atom stereocenters. The van der Waals surface area contributed by atoms with Crippen molar-refractivity contribution >= 4 is 23.5 Å². The Labute approximate surface area is 121 Å². The smallest absolute Gasteiger partial charge is 0.249 e. The predicted molar refractivity (Wildman–Crippen MR) is 76.9 cm³/mol. The van der Waals surface area contributed by atoms with Crippen LogP contribution in [0.5, 0.6) is 0 Å². The fraction of sp³-hybridized carbons (Fsp3) is 0.286. The number of anilines is 2. The molecule has 2 aromatic rings. The minimum absolute atomic E-state index is 0.0491. The molecule has 0 radical (unpaired) electrons. The van der Waals surface area contributed by atoms with Gasteiger partial charge in [0.2, 0.25) is 17.8 Å². The van der Waals surface area contributed by atoms with E-state index in [4.69, 9.17) is 0 Å². The molecule has 0 aliphatic carbocycles. The topological polar surface area (TPSA) is 88.9 Å². The second kappa shape index (κ2) is 5.01. The van der Waals surface area contributed by atoms with E-state index in [-0.39, 0.29) is 18.2 Å². The summed E-state index contributed by atoms with van der Waals surface area (Å²) in [6, 6.07) is 6.80. The Balaban J connectivity index is 1.86. The van der Waals surface area contributed by atoms with Crippen LogP contribution in [0, 0.1) is 13.8 Å². The lowest BCUT2D eigenvalue weighted by molar-refractivity contribution is -0.125. The summed E-state index contributed by atoms with van der Waals surface area (Å²) < 4.78 is 1.46. The first-order valence-corrected chi connectivity index (χ1v) is 6.63. The monoisotopic (exact) mass is 285 g/mol. The molecule has 2 N–H and O–H groups in total. The second-order valence-corrected chi connectivity index (χ2v) is 5.05. The summed E-state index contributed by atoms with van der Waals surface area (Å²) in [4.78, 5) is 28.2. The minimum Gasteiger partial charge on any atom is -0.324 e. The van der Waals surface area contributed by atoms with Crippen molar-refractivity contribution in [2.45, 2.75) is 26.3 Å². The van der Waals surface area contributed by atoms with Crippen LogP contribution in [0.25, 0.3) is 0 Å². The Bertz CT molecular complexity index is 722. The van der Waals surface area contributed by atoms with Crippen molar-refractivity contribution in [2.75, 3.05) is 10.6 Å². The van der Waals surface area contributed by atoms with Crippen LogP contribution in [0.15, 0.2) is 24.3 Å². The summed E-state index contributed by atoms with van der Waals surface area (Å²) in [6.45, 7) is 3.66. The first kappa shape index (κ1) is 13.3. The summed E-state index contributed by atoms with van der Waals surface area (Å²) in [5.41, 5.74) is 1.75. The van der Waals surface area contributed by atoms with Gasteiger partial charge >= 0.3 is 0 Å². The molecule has 0 unspecified atom stereocenters. The van der Waals surface area contributed by atoms with Crippen molar-refractivity contribution < 1.29 is 9.59 Å². The molecule has 1 aliphatic rings. The van der Waals surface area contributed by atoms with E-state index in [1.165, 1.54) is 4.68 Å². The normalized spacial score (nSPS) is 17.0. The van der Waals surface area contributed by atoms with Crippen LogP contribution in [-0.2, 0) is 9.59 Å². The van der Waals surface area contributed by atoms with Crippen molar-refractivity contribution in [3.8, 4) is 0 Å². The summed E-state index contributed by atoms with van der Waals surface area (Å²) >= 11 is 0. The Kier molecular flexibility index (Phi) is 3.17. The summed E-state index contributed by atoms with van der Waals surface area (Å²) in [7, 11) is 0. The average Bonchev–Trinajstić information content (AvgIpc) is 2.77. The zero-order valence-corrected chi connectivity index (χ0v) is 11.8. The highest BCUT2D eigenvalue weighted by Crippen LogP contribution is 2.24. The highest BCUT2D eigenvalue weighted by Gasteiger charge is 2.32. The zero-order valence-electron chi connectivity index (χ0n) is 11.8. The fourth-order valence-electron chi connectivity index (χ4n) is 2.32. The number of carbonyl (C=O) groups is 2. The van der Waals surface area contributed by atoms with Gasteiger partial charge in [-0.25, -0.2) is 4.68 Å². The number of aromatic nitrogens is 3. The number of nitrogens with zero attached hydrogens (tertiary/aromatic N) is 3. The number of carbonyl (C=O) groups excluding carboxylic acids is 2. The predicted octanol–water partition coefficient (Wildman–Crippen LogP) is 1.42. The zero-order chi connectivity index (χ0) is 15.0. The first-order chi connectivity index (χ1) is 10.0. The number of aryl methyl sites for hydroxylation is 2. The molecule has 1 aromatic heterocycles. The third-order valence-electron chi connectivity index (χ3n) is 3.25. The fourth-order valence-corrected chi connectivity index (χ4v) is 2.32. The van der Waals surface area contributed by atoms with Gasteiger partial charge in [-0.15, -0.1) is 0 Å². The number of fused-ring (bicyclic) bond motifs is 1. The maximum atomic E-state index is 12.4. The van der Waals surface area contributed by atoms with Gasteiger partial charge in [0, 0.05) is 5.69 Å². The van der Waals surface area contributed by atoms with Crippen molar-refractivity contribution in [3.63, 3.8) is 0 Å². The quantitative estimate of drug-likeness (QED) is 0.873. The molecule has 7 nitrogen and oxygen atoms in total. The van der Waals surface area contributed by atoms with Crippen LogP contribution >= 0.6 is 0 Å². The lowest BCUT2D eigenvalue weighted by Gasteiger charge is -2.22. The van der Waals surface area contributed by atoms with Crippen LogP contribution in [0.4, 0.5) is 11.6 Å². The molecular weight excluding hydrogens is 270 g/mol. The molecule has 1 aliphatic heterocycles. The van der Waals surface area contributed by atoms with E-state index in [0.29, 0.717) is 17.5 Å². The van der Waals surface area contributed by atoms with E-state index >= 15 is 0 Å². The second-order valence-electron chi connectivity index (χ2n) is 5.05. The van der Waals surface area contributed by atoms with Crippen LogP contribution in [0.1, 0.15) is 23.9 Å². The van der Waals surface area contributed by atoms with E-state index in [1.807, 2.05) is 25.1 Å². The van der Waals surface area contributed by atoms with Gasteiger partial charge in [0.25, 0.3) is 0 Å². The average molecular weight is 285 g/mol. The highest BCUT2D eigenvalue weighted by atomic mass is 16.2. The van der Waals surface area contributed by atoms with Gasteiger partial charge in [-0.05, 0) is 31.5 Å². The molecule has 0 saturated heterocycles. The molecule has 0 saturated carbocycles. The van der Waals surface area contributed by atoms with Gasteiger partial charge in [-0.3, -0.25) is 14.9 Å². The van der Waals surface area contributed by atoms with Crippen molar-refractivity contribution in [1.82, 2.24) is 14.8 Å². The number of hydrogen-bond acceptors (Lipinski definition) is 4. The molecule has 7 heteroatoms. The maximum absolute atomic E-state index is 12.4. The molecular formula is C14H15N5O2. The van der Waals surface area contributed by atoms with Crippen molar-refractivity contribution in [1.29, 1.82) is 0 Å². The first-order valence-electron chi connectivity index (χ1n) is 6.63. The lowest BCUT2D eigenvalue weighted by atomic mass is 10.1. The maximum Gasteiger partial charge on any atom is 0.249 e. The van der Waals surface area contributed by atoms with Gasteiger partial charge in [0.1, 0.15) is 11.9 Å². The van der Waals surface area contributed by atoms with Crippen LogP contribution in [0.2, 0.25) is 0 Å². The number of rotatable bonds is 2. The highest BCUT2D eigenvalue weighted by molar-refractivity contribution is 6.00. The molecule has 2 heterocycles. The molecule has 0 fully saturated rings. The van der Waals surface area contributed by atoms with Crippen LogP contribution < -0.4 is 10.6 Å².